The zero-order valence-corrected chi connectivity index (χ0v) is 12.1. The minimum atomic E-state index is -3.63. The van der Waals surface area contributed by atoms with Gasteiger partial charge in [0, 0.05) is 24.3 Å². The van der Waals surface area contributed by atoms with Gasteiger partial charge in [0.2, 0.25) is 10.0 Å². The fourth-order valence-electron chi connectivity index (χ4n) is 2.51. The Balaban J connectivity index is 1.95. The van der Waals surface area contributed by atoms with Gasteiger partial charge in [0.15, 0.2) is 0 Å². The van der Waals surface area contributed by atoms with E-state index in [4.69, 9.17) is 5.73 Å². The summed E-state index contributed by atoms with van der Waals surface area (Å²) in [6, 6.07) is 10.9. The normalized spacial score (nSPS) is 15.7. The van der Waals surface area contributed by atoms with Crippen LogP contribution in [0.4, 0.5) is 10.1 Å². The summed E-state index contributed by atoms with van der Waals surface area (Å²) < 4.78 is 40.3. The molecule has 0 atom stereocenters. The van der Waals surface area contributed by atoms with Crippen molar-refractivity contribution in [2.24, 2.45) is 0 Å². The largest absolute Gasteiger partial charge is 0.399 e. The van der Waals surface area contributed by atoms with Crippen molar-refractivity contribution in [3.63, 3.8) is 0 Å². The number of hydrogen-bond donors (Lipinski definition) is 1. The Morgan fingerprint density at radius 3 is 2.52 bits per heavy atom. The number of hydrogen-bond acceptors (Lipinski definition) is 3. The fourth-order valence-corrected chi connectivity index (χ4v) is 3.92. The van der Waals surface area contributed by atoms with Gasteiger partial charge in [-0.15, -0.1) is 0 Å². The fraction of sp³-hybridized carbons (Fsp3) is 0.200. The molecule has 21 heavy (non-hydrogen) atoms. The quantitative estimate of drug-likeness (QED) is 0.865. The molecular weight excluding hydrogens is 291 g/mol. The molecule has 3 rings (SSSR count). The molecule has 6 heteroatoms. The first kappa shape index (κ1) is 14.0. The lowest BCUT2D eigenvalue weighted by atomic mass is 10.0. The molecule has 0 unspecified atom stereocenters. The highest BCUT2D eigenvalue weighted by atomic mass is 32.2. The predicted molar refractivity (Wildman–Crippen MR) is 78.6 cm³/mol. The number of halogens is 1. The lowest BCUT2D eigenvalue weighted by Crippen LogP contribution is -2.36. The van der Waals surface area contributed by atoms with Gasteiger partial charge in [0.1, 0.15) is 5.82 Å². The molecule has 0 fully saturated rings. The highest BCUT2D eigenvalue weighted by Crippen LogP contribution is 2.26. The summed E-state index contributed by atoms with van der Waals surface area (Å²) in [6.07, 6.45) is 0.515. The summed E-state index contributed by atoms with van der Waals surface area (Å²) in [4.78, 5) is 0.177. The number of rotatable bonds is 2. The van der Waals surface area contributed by atoms with Crippen LogP contribution in [-0.4, -0.2) is 19.3 Å². The van der Waals surface area contributed by atoms with E-state index in [0.29, 0.717) is 24.2 Å². The number of sulfonamides is 1. The van der Waals surface area contributed by atoms with Crippen LogP contribution in [0, 0.1) is 5.82 Å². The molecule has 0 radical (unpaired) electrons. The molecule has 0 saturated carbocycles. The Bertz CT molecular complexity index is 773. The van der Waals surface area contributed by atoms with Crippen molar-refractivity contribution in [1.82, 2.24) is 4.31 Å². The minimum Gasteiger partial charge on any atom is -0.399 e. The van der Waals surface area contributed by atoms with Crippen molar-refractivity contribution < 1.29 is 12.8 Å². The third-order valence-electron chi connectivity index (χ3n) is 3.70. The number of nitrogen functional groups attached to an aromatic ring is 1. The number of nitrogens with zero attached hydrogens (tertiary/aromatic N) is 1. The monoisotopic (exact) mass is 306 g/mol. The van der Waals surface area contributed by atoms with Crippen LogP contribution in [0.15, 0.2) is 47.4 Å². The van der Waals surface area contributed by atoms with E-state index in [-0.39, 0.29) is 17.3 Å². The van der Waals surface area contributed by atoms with Crippen LogP contribution < -0.4 is 5.73 Å². The number of fused-ring (bicyclic) bond motifs is 1. The second kappa shape index (κ2) is 5.13. The van der Waals surface area contributed by atoms with Gasteiger partial charge in [-0.05, 0) is 42.3 Å². The average molecular weight is 306 g/mol. The third kappa shape index (κ3) is 2.52. The van der Waals surface area contributed by atoms with Crippen LogP contribution in [0.3, 0.4) is 0 Å². The van der Waals surface area contributed by atoms with Gasteiger partial charge in [0.25, 0.3) is 0 Å². The Hall–Kier alpha value is -1.92. The lowest BCUT2D eigenvalue weighted by Gasteiger charge is -2.28. The van der Waals surface area contributed by atoms with Gasteiger partial charge in [-0.25, -0.2) is 12.8 Å². The van der Waals surface area contributed by atoms with Crippen LogP contribution >= 0.6 is 0 Å². The van der Waals surface area contributed by atoms with Gasteiger partial charge in [-0.3, -0.25) is 0 Å². The van der Waals surface area contributed by atoms with Gasteiger partial charge in [0.05, 0.1) is 4.90 Å². The summed E-state index contributed by atoms with van der Waals surface area (Å²) in [6.45, 7) is 0.415. The van der Waals surface area contributed by atoms with Crippen LogP contribution in [0.25, 0.3) is 0 Å². The molecule has 2 aromatic rings. The molecule has 1 aliphatic heterocycles. The second-order valence-corrected chi connectivity index (χ2v) is 6.97. The molecule has 4 nitrogen and oxygen atoms in total. The SMILES string of the molecule is Nc1ccc(S(=O)(=O)N2CCc3cccc(F)c3C2)cc1. The van der Waals surface area contributed by atoms with Crippen molar-refractivity contribution in [3.8, 4) is 0 Å². The van der Waals surface area contributed by atoms with Gasteiger partial charge >= 0.3 is 0 Å². The van der Waals surface area contributed by atoms with Crippen molar-refractivity contribution in [1.29, 1.82) is 0 Å². The molecule has 110 valence electrons. The van der Waals surface area contributed by atoms with E-state index in [1.807, 2.05) is 6.07 Å². The summed E-state index contributed by atoms with van der Waals surface area (Å²) in [5.74, 6) is -0.357. The first-order chi connectivity index (χ1) is 9.98. The van der Waals surface area contributed by atoms with Crippen molar-refractivity contribution >= 4 is 15.7 Å². The molecule has 1 heterocycles. The summed E-state index contributed by atoms with van der Waals surface area (Å²) in [5.41, 5.74) is 7.41. The molecule has 0 amide bonds. The van der Waals surface area contributed by atoms with E-state index in [2.05, 4.69) is 0 Å². The van der Waals surface area contributed by atoms with Crippen molar-refractivity contribution in [2.45, 2.75) is 17.9 Å². The molecule has 1 aliphatic rings. The maximum atomic E-state index is 13.9. The lowest BCUT2D eigenvalue weighted by molar-refractivity contribution is 0.381. The van der Waals surface area contributed by atoms with Crippen LogP contribution in [-0.2, 0) is 23.0 Å². The van der Waals surface area contributed by atoms with Gasteiger partial charge in [-0.2, -0.15) is 4.31 Å². The third-order valence-corrected chi connectivity index (χ3v) is 5.56. The van der Waals surface area contributed by atoms with E-state index < -0.39 is 10.0 Å². The standard InChI is InChI=1S/C15H15FN2O2S/c16-15-3-1-2-11-8-9-18(10-14(11)15)21(19,20)13-6-4-12(17)5-7-13/h1-7H,8-10,17H2. The predicted octanol–water partition coefficient (Wildman–Crippen LogP) is 2.15. The second-order valence-electron chi connectivity index (χ2n) is 5.04. The maximum Gasteiger partial charge on any atom is 0.243 e. The van der Waals surface area contributed by atoms with Crippen LogP contribution in [0.1, 0.15) is 11.1 Å². The molecule has 0 spiro atoms. The minimum absolute atomic E-state index is 0.0642. The Morgan fingerprint density at radius 1 is 1.10 bits per heavy atom. The molecule has 0 bridgehead atoms. The molecule has 0 aromatic heterocycles. The number of anilines is 1. The maximum absolute atomic E-state index is 13.9. The average Bonchev–Trinajstić information content (AvgIpc) is 2.48. The first-order valence-electron chi connectivity index (χ1n) is 6.60. The first-order valence-corrected chi connectivity index (χ1v) is 8.04. The van der Waals surface area contributed by atoms with E-state index in [9.17, 15) is 12.8 Å². The number of benzene rings is 2. The topological polar surface area (TPSA) is 63.4 Å². The van der Waals surface area contributed by atoms with Crippen molar-refractivity contribution in [2.75, 3.05) is 12.3 Å². The van der Waals surface area contributed by atoms with E-state index in [1.165, 1.54) is 22.5 Å². The zero-order valence-electron chi connectivity index (χ0n) is 11.3. The molecule has 0 aliphatic carbocycles. The molecular formula is C15H15FN2O2S. The molecule has 2 N–H and O–H groups in total. The Kier molecular flexibility index (Phi) is 3.43. The number of nitrogens with two attached hydrogens (primary N) is 1. The summed E-state index contributed by atoms with van der Waals surface area (Å²) >= 11 is 0. The van der Waals surface area contributed by atoms with Gasteiger partial charge < -0.3 is 5.73 Å². The molecule has 2 aromatic carbocycles. The van der Waals surface area contributed by atoms with E-state index in [1.54, 1.807) is 18.2 Å². The smallest absolute Gasteiger partial charge is 0.243 e. The van der Waals surface area contributed by atoms with E-state index in [0.717, 1.165) is 5.56 Å². The Labute approximate surface area is 123 Å². The van der Waals surface area contributed by atoms with Gasteiger partial charge in [-0.1, -0.05) is 12.1 Å². The van der Waals surface area contributed by atoms with Crippen LogP contribution in [0.5, 0.6) is 0 Å². The molecule has 0 saturated heterocycles. The highest BCUT2D eigenvalue weighted by Gasteiger charge is 2.29. The van der Waals surface area contributed by atoms with E-state index >= 15 is 0 Å². The highest BCUT2D eigenvalue weighted by molar-refractivity contribution is 7.89. The van der Waals surface area contributed by atoms with Crippen molar-refractivity contribution in [3.05, 3.63) is 59.4 Å². The van der Waals surface area contributed by atoms with Crippen LogP contribution in [0.2, 0.25) is 0 Å². The Morgan fingerprint density at radius 2 is 1.81 bits per heavy atom. The zero-order chi connectivity index (χ0) is 15.0. The summed E-state index contributed by atoms with van der Waals surface area (Å²) in [7, 11) is -3.63. The summed E-state index contributed by atoms with van der Waals surface area (Å²) in [5, 5.41) is 0.